The van der Waals surface area contributed by atoms with E-state index in [2.05, 4.69) is 31.6 Å². The maximum Gasteiger partial charge on any atom is 0.407 e. The molecule has 1 amide bonds. The SMILES string of the molecule is C=CC(=O)OCCn1c(=O)n(CCOC(=O)C=C)c(=O)n(CCOC(=O)NC(C)(COC(=O)C=C)COC(=O)C=C)c1=O. The van der Waals surface area contributed by atoms with E-state index in [0.717, 1.165) is 24.3 Å². The van der Waals surface area contributed by atoms with Gasteiger partial charge in [-0.25, -0.2) is 52.1 Å². The lowest BCUT2D eigenvalue weighted by Crippen LogP contribution is -2.56. The molecule has 0 saturated carbocycles. The number of hydrogen-bond acceptors (Lipinski definition) is 13. The first-order valence-corrected chi connectivity index (χ1v) is 12.4. The molecule has 17 heteroatoms. The molecular weight excluding hydrogens is 576 g/mol. The summed E-state index contributed by atoms with van der Waals surface area (Å²) in [6.45, 7) is 10.6. The van der Waals surface area contributed by atoms with Gasteiger partial charge < -0.3 is 29.0 Å². The summed E-state index contributed by atoms with van der Waals surface area (Å²) in [5.74, 6) is -3.27. The van der Waals surface area contributed by atoms with Gasteiger partial charge >= 0.3 is 47.0 Å². The van der Waals surface area contributed by atoms with Crippen molar-refractivity contribution in [1.29, 1.82) is 0 Å². The van der Waals surface area contributed by atoms with Crippen LogP contribution < -0.4 is 22.4 Å². The number of hydrogen-bond donors (Lipinski definition) is 1. The molecule has 0 aliphatic rings. The Morgan fingerprint density at radius 2 is 0.907 bits per heavy atom. The molecule has 0 saturated heterocycles. The normalized spacial score (nSPS) is 10.4. The zero-order chi connectivity index (χ0) is 32.6. The minimum absolute atomic E-state index is 0.423. The summed E-state index contributed by atoms with van der Waals surface area (Å²) in [4.78, 5) is 97.0. The summed E-state index contributed by atoms with van der Waals surface area (Å²) in [5.41, 5.74) is -4.76. The number of carbonyl (C=O) groups excluding carboxylic acids is 5. The zero-order valence-corrected chi connectivity index (χ0v) is 23.4. The average Bonchev–Trinajstić information content (AvgIpc) is 2.99. The second-order valence-electron chi connectivity index (χ2n) is 8.49. The minimum atomic E-state index is -1.48. The highest BCUT2D eigenvalue weighted by molar-refractivity contribution is 5.82. The fraction of sp³-hybridized carbons (Fsp3) is 0.385. The summed E-state index contributed by atoms with van der Waals surface area (Å²) in [7, 11) is 0. The van der Waals surface area contributed by atoms with Crippen LogP contribution in [-0.4, -0.2) is 82.2 Å². The van der Waals surface area contributed by atoms with E-state index in [1.807, 2.05) is 0 Å². The molecule has 0 radical (unpaired) electrons. The summed E-state index contributed by atoms with van der Waals surface area (Å²) >= 11 is 0. The van der Waals surface area contributed by atoms with Crippen molar-refractivity contribution in [3.63, 3.8) is 0 Å². The average molecular weight is 609 g/mol. The van der Waals surface area contributed by atoms with E-state index in [4.69, 9.17) is 23.7 Å². The number of carbonyl (C=O) groups is 5. The molecule has 1 rings (SSSR count). The minimum Gasteiger partial charge on any atom is -0.461 e. The maximum atomic E-state index is 13.0. The quantitative estimate of drug-likeness (QED) is 0.115. The second-order valence-corrected chi connectivity index (χ2v) is 8.49. The molecule has 1 aromatic rings. The van der Waals surface area contributed by atoms with Gasteiger partial charge in [0.15, 0.2) is 0 Å². The lowest BCUT2D eigenvalue weighted by Gasteiger charge is -2.29. The van der Waals surface area contributed by atoms with Crippen molar-refractivity contribution in [3.05, 3.63) is 82.1 Å². The van der Waals surface area contributed by atoms with E-state index in [1.165, 1.54) is 6.92 Å². The van der Waals surface area contributed by atoms with Gasteiger partial charge in [-0.3, -0.25) is 0 Å². The number of amides is 1. The van der Waals surface area contributed by atoms with Crippen molar-refractivity contribution in [1.82, 2.24) is 19.0 Å². The topological polar surface area (TPSA) is 210 Å². The highest BCUT2D eigenvalue weighted by Crippen LogP contribution is 2.08. The Kier molecular flexibility index (Phi) is 14.4. The van der Waals surface area contributed by atoms with Crippen LogP contribution in [0.15, 0.2) is 65.0 Å². The van der Waals surface area contributed by atoms with Gasteiger partial charge in [0, 0.05) is 24.3 Å². The van der Waals surface area contributed by atoms with Crippen LogP contribution in [0.5, 0.6) is 0 Å². The van der Waals surface area contributed by atoms with Crippen LogP contribution in [0.1, 0.15) is 6.92 Å². The van der Waals surface area contributed by atoms with Crippen molar-refractivity contribution in [2.45, 2.75) is 32.1 Å². The molecule has 0 aromatic carbocycles. The molecule has 1 aromatic heterocycles. The lowest BCUT2D eigenvalue weighted by atomic mass is 10.1. The predicted molar refractivity (Wildman–Crippen MR) is 147 cm³/mol. The molecule has 1 N–H and O–H groups in total. The molecule has 0 spiro atoms. The molecule has 0 aliphatic carbocycles. The largest absolute Gasteiger partial charge is 0.461 e. The van der Waals surface area contributed by atoms with E-state index in [1.54, 1.807) is 0 Å². The van der Waals surface area contributed by atoms with Crippen LogP contribution in [0.25, 0.3) is 0 Å². The Hall–Kier alpha value is -5.48. The molecular formula is C26H32N4O13. The van der Waals surface area contributed by atoms with Crippen molar-refractivity contribution in [3.8, 4) is 0 Å². The Morgan fingerprint density at radius 1 is 0.605 bits per heavy atom. The first kappa shape index (κ1) is 35.5. The smallest absolute Gasteiger partial charge is 0.407 e. The fourth-order valence-electron chi connectivity index (χ4n) is 3.05. The lowest BCUT2D eigenvalue weighted by molar-refractivity contribution is -0.144. The molecule has 0 aliphatic heterocycles. The highest BCUT2D eigenvalue weighted by atomic mass is 16.6. The first-order valence-electron chi connectivity index (χ1n) is 12.4. The number of rotatable bonds is 18. The molecule has 0 fully saturated rings. The number of ether oxygens (including phenoxy) is 5. The Bertz CT molecular complexity index is 1350. The van der Waals surface area contributed by atoms with Crippen LogP contribution in [0.2, 0.25) is 0 Å². The van der Waals surface area contributed by atoms with Crippen LogP contribution in [0, 0.1) is 0 Å². The maximum absolute atomic E-state index is 13.0. The first-order chi connectivity index (χ1) is 20.3. The van der Waals surface area contributed by atoms with Gasteiger partial charge in [0.25, 0.3) is 0 Å². The van der Waals surface area contributed by atoms with E-state index in [9.17, 15) is 38.4 Å². The molecule has 17 nitrogen and oxygen atoms in total. The third-order valence-corrected chi connectivity index (χ3v) is 5.19. The van der Waals surface area contributed by atoms with Crippen molar-refractivity contribution >= 4 is 30.0 Å². The van der Waals surface area contributed by atoms with Gasteiger partial charge in [-0.05, 0) is 6.92 Å². The third kappa shape index (κ3) is 11.5. The number of aromatic nitrogens is 3. The molecule has 234 valence electrons. The van der Waals surface area contributed by atoms with Crippen molar-refractivity contribution < 1.29 is 47.7 Å². The zero-order valence-electron chi connectivity index (χ0n) is 23.4. The Labute approximate surface area is 244 Å². The van der Waals surface area contributed by atoms with E-state index in [0.29, 0.717) is 13.7 Å². The van der Waals surface area contributed by atoms with E-state index in [-0.39, 0.29) is 0 Å². The summed E-state index contributed by atoms with van der Waals surface area (Å²) in [6.07, 6.45) is 2.39. The van der Waals surface area contributed by atoms with Gasteiger partial charge in [-0.1, -0.05) is 26.3 Å². The molecule has 0 atom stereocenters. The number of nitrogens with zero attached hydrogens (tertiary/aromatic N) is 3. The van der Waals surface area contributed by atoms with Crippen LogP contribution in [0.4, 0.5) is 4.79 Å². The van der Waals surface area contributed by atoms with E-state index >= 15 is 0 Å². The molecule has 43 heavy (non-hydrogen) atoms. The molecule has 0 bridgehead atoms. The number of esters is 4. The monoisotopic (exact) mass is 608 g/mol. The van der Waals surface area contributed by atoms with E-state index < -0.39 is 105 Å². The van der Waals surface area contributed by atoms with Gasteiger partial charge in [0.05, 0.1) is 19.6 Å². The predicted octanol–water partition coefficient (Wildman–Crippen LogP) is -1.43. The van der Waals surface area contributed by atoms with Gasteiger partial charge in [0.1, 0.15) is 38.6 Å². The van der Waals surface area contributed by atoms with Gasteiger partial charge in [-0.15, -0.1) is 0 Å². The Balaban J connectivity index is 3.16. The van der Waals surface area contributed by atoms with Crippen LogP contribution >= 0.6 is 0 Å². The summed E-state index contributed by atoms with van der Waals surface area (Å²) < 4.78 is 26.3. The highest BCUT2D eigenvalue weighted by Gasteiger charge is 2.31. The second kappa shape index (κ2) is 17.4. The van der Waals surface area contributed by atoms with Crippen LogP contribution in [-0.2, 0) is 62.5 Å². The Morgan fingerprint density at radius 3 is 1.23 bits per heavy atom. The fourth-order valence-corrected chi connectivity index (χ4v) is 3.05. The third-order valence-electron chi connectivity index (χ3n) is 5.19. The van der Waals surface area contributed by atoms with Crippen molar-refractivity contribution in [2.75, 3.05) is 33.0 Å². The summed E-state index contributed by atoms with van der Waals surface area (Å²) in [6, 6.07) is 0. The standard InChI is InChI=1S/C26H32N4O13/c1-6-18(31)39-13-10-28-23(36)29(11-14-40-19(32)7-2)25(38)30(24(28)37)12-15-41-22(35)27-26(5,16-42-20(33)8-3)17-43-21(34)9-4/h6-9H,1-4,10-17H2,5H3,(H,27,35). The van der Waals surface area contributed by atoms with Crippen LogP contribution in [0.3, 0.4) is 0 Å². The molecule has 1 heterocycles. The number of nitrogens with one attached hydrogen (secondary N) is 1. The molecule has 0 unspecified atom stereocenters. The van der Waals surface area contributed by atoms with Gasteiger partial charge in [0.2, 0.25) is 0 Å². The summed E-state index contributed by atoms with van der Waals surface area (Å²) in [5, 5.41) is 2.36. The number of alkyl carbamates (subject to hydrolysis) is 1. The van der Waals surface area contributed by atoms with Gasteiger partial charge in [-0.2, -0.15) is 0 Å². The van der Waals surface area contributed by atoms with Crippen molar-refractivity contribution in [2.24, 2.45) is 0 Å².